The number of hydrogen-bond donors (Lipinski definition) is 1. The fraction of sp³-hybridized carbons (Fsp3) is 0.200. The predicted molar refractivity (Wildman–Crippen MR) is 107 cm³/mol. The molecular weight excluding hydrogens is 412 g/mol. The fourth-order valence-electron chi connectivity index (χ4n) is 2.92. The van der Waals surface area contributed by atoms with Gasteiger partial charge in [-0.3, -0.25) is 9.59 Å². The molecule has 1 N–H and O–H groups in total. The van der Waals surface area contributed by atoms with Gasteiger partial charge in [0.15, 0.2) is 5.43 Å². The molecule has 1 aromatic heterocycles. The molecule has 3 aromatic rings. The maximum atomic E-state index is 12.5. The number of carbonyl (C=O) groups excluding carboxylic acids is 1. The van der Waals surface area contributed by atoms with E-state index in [4.69, 9.17) is 9.47 Å². The first-order chi connectivity index (χ1) is 13.0. The summed E-state index contributed by atoms with van der Waals surface area (Å²) in [7, 11) is 3.15. The second-order valence-electron chi connectivity index (χ2n) is 5.89. The minimum Gasteiger partial charge on any atom is -0.496 e. The van der Waals surface area contributed by atoms with Gasteiger partial charge in [0.25, 0.3) is 0 Å². The first-order valence-corrected chi connectivity index (χ1v) is 9.08. The Morgan fingerprint density at radius 2 is 1.81 bits per heavy atom. The normalized spacial score (nSPS) is 10.6. The van der Waals surface area contributed by atoms with Gasteiger partial charge in [0.1, 0.15) is 18.0 Å². The Hall–Kier alpha value is -2.80. The molecule has 0 bridgehead atoms. The van der Waals surface area contributed by atoms with Crippen LogP contribution in [0.4, 0.5) is 0 Å². The van der Waals surface area contributed by atoms with E-state index in [2.05, 4.69) is 21.2 Å². The number of nitrogens with zero attached hydrogens (tertiary/aromatic N) is 1. The molecule has 0 saturated heterocycles. The van der Waals surface area contributed by atoms with Gasteiger partial charge >= 0.3 is 0 Å². The molecule has 0 unspecified atom stereocenters. The molecule has 0 aliphatic carbocycles. The van der Waals surface area contributed by atoms with Gasteiger partial charge < -0.3 is 19.4 Å². The second kappa shape index (κ2) is 8.26. The van der Waals surface area contributed by atoms with Crippen molar-refractivity contribution in [2.75, 3.05) is 14.2 Å². The van der Waals surface area contributed by atoms with Gasteiger partial charge in [0, 0.05) is 22.1 Å². The minimum atomic E-state index is -0.184. The van der Waals surface area contributed by atoms with Crippen LogP contribution >= 0.6 is 15.9 Å². The summed E-state index contributed by atoms with van der Waals surface area (Å²) >= 11 is 3.37. The Kier molecular flexibility index (Phi) is 5.81. The molecule has 27 heavy (non-hydrogen) atoms. The van der Waals surface area contributed by atoms with Gasteiger partial charge in [0.05, 0.1) is 31.8 Å². The summed E-state index contributed by atoms with van der Waals surface area (Å²) < 4.78 is 13.3. The molecule has 2 aromatic carbocycles. The molecule has 140 valence electrons. The van der Waals surface area contributed by atoms with E-state index >= 15 is 0 Å². The summed E-state index contributed by atoms with van der Waals surface area (Å²) in [6.45, 7) is 0.367. The van der Waals surface area contributed by atoms with E-state index in [1.54, 1.807) is 31.0 Å². The predicted octanol–water partition coefficient (Wildman–Crippen LogP) is 3.10. The van der Waals surface area contributed by atoms with Gasteiger partial charge in [-0.25, -0.2) is 0 Å². The van der Waals surface area contributed by atoms with Crippen molar-refractivity contribution in [2.24, 2.45) is 0 Å². The summed E-state index contributed by atoms with van der Waals surface area (Å²) in [4.78, 5) is 24.5. The van der Waals surface area contributed by atoms with Gasteiger partial charge in [-0.15, -0.1) is 0 Å². The Bertz CT molecular complexity index is 1020. The third-order valence-electron chi connectivity index (χ3n) is 4.25. The second-order valence-corrected chi connectivity index (χ2v) is 6.80. The van der Waals surface area contributed by atoms with E-state index < -0.39 is 0 Å². The monoisotopic (exact) mass is 430 g/mol. The van der Waals surface area contributed by atoms with Crippen LogP contribution in [0.5, 0.6) is 11.5 Å². The number of nitrogens with one attached hydrogen (secondary N) is 1. The largest absolute Gasteiger partial charge is 0.496 e. The van der Waals surface area contributed by atoms with Crippen molar-refractivity contribution in [3.8, 4) is 11.5 Å². The number of halogens is 1. The standard InChI is InChI=1S/C20H19BrN2O4/c1-26-18-4-3-5-19(27-2)15(18)11-22-20(25)12-23-9-8-17(24)14-10-13(21)6-7-16(14)23/h3-10H,11-12H2,1-2H3,(H,22,25). The molecule has 7 heteroatoms. The Morgan fingerprint density at radius 3 is 2.48 bits per heavy atom. The van der Waals surface area contributed by atoms with Gasteiger partial charge in [-0.05, 0) is 30.3 Å². The van der Waals surface area contributed by atoms with Crippen molar-refractivity contribution in [1.29, 1.82) is 0 Å². The molecule has 1 amide bonds. The smallest absolute Gasteiger partial charge is 0.240 e. The summed E-state index contributed by atoms with van der Waals surface area (Å²) in [5.74, 6) is 1.11. The minimum absolute atomic E-state index is 0.0817. The lowest BCUT2D eigenvalue weighted by molar-refractivity contribution is -0.121. The third-order valence-corrected chi connectivity index (χ3v) is 4.74. The first kappa shape index (κ1) is 19.0. The molecule has 6 nitrogen and oxygen atoms in total. The summed E-state index contributed by atoms with van der Waals surface area (Å²) in [5, 5.41) is 3.44. The molecule has 3 rings (SSSR count). The number of amides is 1. The van der Waals surface area contributed by atoms with E-state index in [-0.39, 0.29) is 24.4 Å². The van der Waals surface area contributed by atoms with Crippen molar-refractivity contribution >= 4 is 32.7 Å². The Labute approximate surface area is 164 Å². The lowest BCUT2D eigenvalue weighted by atomic mass is 10.1. The van der Waals surface area contributed by atoms with Crippen molar-refractivity contribution in [3.63, 3.8) is 0 Å². The summed E-state index contributed by atoms with van der Waals surface area (Å²) in [6, 6.07) is 12.3. The zero-order chi connectivity index (χ0) is 19.4. The Balaban J connectivity index is 1.79. The van der Waals surface area contributed by atoms with Crippen LogP contribution in [0.15, 0.2) is 57.9 Å². The highest BCUT2D eigenvalue weighted by atomic mass is 79.9. The molecule has 0 fully saturated rings. The highest BCUT2D eigenvalue weighted by Gasteiger charge is 2.12. The van der Waals surface area contributed by atoms with Gasteiger partial charge in [0.2, 0.25) is 5.91 Å². The van der Waals surface area contributed by atoms with Crippen molar-refractivity contribution in [2.45, 2.75) is 13.1 Å². The third kappa shape index (κ3) is 4.14. The molecule has 0 aliphatic heterocycles. The first-order valence-electron chi connectivity index (χ1n) is 8.28. The van der Waals surface area contributed by atoms with E-state index in [0.29, 0.717) is 22.4 Å². The highest BCUT2D eigenvalue weighted by molar-refractivity contribution is 9.10. The number of ether oxygens (including phenoxy) is 2. The van der Waals surface area contributed by atoms with Crippen LogP contribution in [0.1, 0.15) is 5.56 Å². The number of carbonyl (C=O) groups is 1. The van der Waals surface area contributed by atoms with E-state index in [0.717, 1.165) is 10.0 Å². The van der Waals surface area contributed by atoms with Gasteiger partial charge in [-0.1, -0.05) is 22.0 Å². The van der Waals surface area contributed by atoms with Crippen LogP contribution in [0.2, 0.25) is 0 Å². The summed E-state index contributed by atoms with van der Waals surface area (Å²) in [5.41, 5.74) is 1.39. The van der Waals surface area contributed by atoms with Crippen molar-refractivity contribution in [1.82, 2.24) is 9.88 Å². The topological polar surface area (TPSA) is 69.6 Å². The average Bonchev–Trinajstić information content (AvgIpc) is 2.68. The van der Waals surface area contributed by atoms with Crippen LogP contribution in [-0.2, 0) is 17.9 Å². The quantitative estimate of drug-likeness (QED) is 0.652. The average molecular weight is 431 g/mol. The number of methoxy groups -OCH3 is 2. The molecule has 0 aliphatic rings. The number of aromatic nitrogens is 1. The molecular formula is C20H19BrN2O4. The number of hydrogen-bond acceptors (Lipinski definition) is 4. The van der Waals surface area contributed by atoms with E-state index in [9.17, 15) is 9.59 Å². The van der Waals surface area contributed by atoms with E-state index in [1.807, 2.05) is 30.3 Å². The molecule has 1 heterocycles. The van der Waals surface area contributed by atoms with Crippen LogP contribution in [0.3, 0.4) is 0 Å². The molecule has 0 atom stereocenters. The van der Waals surface area contributed by atoms with Crippen LogP contribution in [0.25, 0.3) is 10.9 Å². The van der Waals surface area contributed by atoms with Crippen LogP contribution in [0, 0.1) is 0 Å². The molecule has 0 spiro atoms. The van der Waals surface area contributed by atoms with E-state index in [1.165, 1.54) is 6.07 Å². The number of rotatable bonds is 6. The number of fused-ring (bicyclic) bond motifs is 1. The SMILES string of the molecule is COc1cccc(OC)c1CNC(=O)Cn1ccc(=O)c2cc(Br)ccc21. The number of pyridine rings is 1. The zero-order valence-electron chi connectivity index (χ0n) is 15.0. The highest BCUT2D eigenvalue weighted by Crippen LogP contribution is 2.27. The van der Waals surface area contributed by atoms with Crippen LogP contribution in [-0.4, -0.2) is 24.7 Å². The lowest BCUT2D eigenvalue weighted by Gasteiger charge is -2.15. The van der Waals surface area contributed by atoms with Crippen molar-refractivity contribution < 1.29 is 14.3 Å². The maximum Gasteiger partial charge on any atom is 0.240 e. The fourth-order valence-corrected chi connectivity index (χ4v) is 3.28. The maximum absolute atomic E-state index is 12.5. The number of benzene rings is 2. The lowest BCUT2D eigenvalue weighted by Crippen LogP contribution is -2.28. The molecule has 0 radical (unpaired) electrons. The van der Waals surface area contributed by atoms with Gasteiger partial charge in [-0.2, -0.15) is 0 Å². The molecule has 0 saturated carbocycles. The van der Waals surface area contributed by atoms with Crippen molar-refractivity contribution in [3.05, 3.63) is 68.9 Å². The van der Waals surface area contributed by atoms with Crippen LogP contribution < -0.4 is 20.2 Å². The zero-order valence-corrected chi connectivity index (χ0v) is 16.6. The Morgan fingerprint density at radius 1 is 1.11 bits per heavy atom. The summed E-state index contributed by atoms with van der Waals surface area (Å²) in [6.07, 6.45) is 1.63.